The summed E-state index contributed by atoms with van der Waals surface area (Å²) in [7, 11) is 1.60. The minimum atomic E-state index is -0.0326. The topological polar surface area (TPSA) is 64.3 Å². The van der Waals surface area contributed by atoms with Crippen molar-refractivity contribution < 1.29 is 9.53 Å². The Morgan fingerprint density at radius 2 is 2.05 bits per heavy atom. The zero-order valence-corrected chi connectivity index (χ0v) is 12.2. The molecular weight excluding hydrogens is 240 g/mol. The third-order valence-electron chi connectivity index (χ3n) is 2.95. The van der Waals surface area contributed by atoms with Gasteiger partial charge in [0, 0.05) is 6.42 Å². The average molecular weight is 264 g/mol. The molecule has 1 aromatic carbocycles. The normalized spacial score (nSPS) is 11.2. The summed E-state index contributed by atoms with van der Waals surface area (Å²) in [6.45, 7) is 6.92. The van der Waals surface area contributed by atoms with Gasteiger partial charge in [0.15, 0.2) is 0 Å². The smallest absolute Gasteiger partial charge is 0.224 e. The Morgan fingerprint density at radius 3 is 2.58 bits per heavy atom. The fourth-order valence-electron chi connectivity index (χ4n) is 1.75. The Hall–Kier alpha value is -1.55. The quantitative estimate of drug-likeness (QED) is 0.859. The standard InChI is InChI=1S/C15H24N2O2/c1-15(2,3)11-7-8-13(19-4)12(10-11)17-14(18)6-5-9-16/h7-8,10H,5-6,9,16H2,1-4H3,(H,17,18). The number of amides is 1. The van der Waals surface area contributed by atoms with Gasteiger partial charge in [-0.25, -0.2) is 0 Å². The van der Waals surface area contributed by atoms with E-state index >= 15 is 0 Å². The fraction of sp³-hybridized carbons (Fsp3) is 0.533. The highest BCUT2D eigenvalue weighted by Gasteiger charge is 2.16. The van der Waals surface area contributed by atoms with Gasteiger partial charge < -0.3 is 15.8 Å². The van der Waals surface area contributed by atoms with Crippen LogP contribution in [0.4, 0.5) is 5.69 Å². The molecule has 1 rings (SSSR count). The van der Waals surface area contributed by atoms with Gasteiger partial charge in [-0.15, -0.1) is 0 Å². The molecule has 0 spiro atoms. The number of ether oxygens (including phenoxy) is 1. The van der Waals surface area contributed by atoms with Crippen LogP contribution in [-0.2, 0) is 10.2 Å². The molecule has 0 saturated carbocycles. The third kappa shape index (κ3) is 4.56. The van der Waals surface area contributed by atoms with Crippen molar-refractivity contribution in [1.29, 1.82) is 0 Å². The van der Waals surface area contributed by atoms with E-state index in [1.807, 2.05) is 18.2 Å². The highest BCUT2D eigenvalue weighted by Crippen LogP contribution is 2.31. The summed E-state index contributed by atoms with van der Waals surface area (Å²) in [5.41, 5.74) is 7.31. The molecule has 0 radical (unpaired) electrons. The first-order valence-electron chi connectivity index (χ1n) is 6.57. The van der Waals surface area contributed by atoms with Crippen LogP contribution in [0.1, 0.15) is 39.2 Å². The molecule has 1 amide bonds. The summed E-state index contributed by atoms with van der Waals surface area (Å²) in [5.74, 6) is 0.643. The maximum atomic E-state index is 11.8. The number of nitrogens with one attached hydrogen (secondary N) is 1. The van der Waals surface area contributed by atoms with Crippen molar-refractivity contribution in [1.82, 2.24) is 0 Å². The summed E-state index contributed by atoms with van der Waals surface area (Å²) >= 11 is 0. The van der Waals surface area contributed by atoms with Crippen molar-refractivity contribution >= 4 is 11.6 Å². The minimum absolute atomic E-state index is 0.0308. The molecule has 4 nitrogen and oxygen atoms in total. The zero-order chi connectivity index (χ0) is 14.5. The first-order chi connectivity index (χ1) is 8.88. The van der Waals surface area contributed by atoms with Crippen molar-refractivity contribution in [2.45, 2.75) is 39.0 Å². The van der Waals surface area contributed by atoms with E-state index in [1.165, 1.54) is 0 Å². The molecular formula is C15H24N2O2. The summed E-state index contributed by atoms with van der Waals surface area (Å²) in [6, 6.07) is 5.88. The second-order valence-electron chi connectivity index (χ2n) is 5.61. The highest BCUT2D eigenvalue weighted by atomic mass is 16.5. The number of anilines is 1. The van der Waals surface area contributed by atoms with Gasteiger partial charge in [-0.05, 0) is 36.1 Å². The molecule has 0 aromatic heterocycles. The third-order valence-corrected chi connectivity index (χ3v) is 2.95. The van der Waals surface area contributed by atoms with Gasteiger partial charge in [0.2, 0.25) is 5.91 Å². The Bertz CT molecular complexity index is 436. The molecule has 0 unspecified atom stereocenters. The predicted octanol–water partition coefficient (Wildman–Crippen LogP) is 2.67. The molecule has 0 aliphatic heterocycles. The van der Waals surface area contributed by atoms with Crippen LogP contribution in [0.3, 0.4) is 0 Å². The average Bonchev–Trinajstić information content (AvgIpc) is 2.35. The fourth-order valence-corrected chi connectivity index (χ4v) is 1.75. The summed E-state index contributed by atoms with van der Waals surface area (Å²) < 4.78 is 5.28. The number of benzene rings is 1. The van der Waals surface area contributed by atoms with Crippen LogP contribution >= 0.6 is 0 Å². The molecule has 0 fully saturated rings. The van der Waals surface area contributed by atoms with Gasteiger partial charge in [-0.2, -0.15) is 0 Å². The first kappa shape index (κ1) is 15.5. The number of hydrogen-bond donors (Lipinski definition) is 2. The number of methoxy groups -OCH3 is 1. The lowest BCUT2D eigenvalue weighted by molar-refractivity contribution is -0.116. The Labute approximate surface area is 115 Å². The Kier molecular flexibility index (Phi) is 5.36. The maximum absolute atomic E-state index is 11.8. The molecule has 0 aliphatic rings. The highest BCUT2D eigenvalue weighted by molar-refractivity contribution is 5.92. The lowest BCUT2D eigenvalue weighted by Gasteiger charge is -2.21. The molecule has 19 heavy (non-hydrogen) atoms. The molecule has 0 saturated heterocycles. The Morgan fingerprint density at radius 1 is 1.37 bits per heavy atom. The van der Waals surface area contributed by atoms with E-state index in [9.17, 15) is 4.79 Å². The predicted molar refractivity (Wildman–Crippen MR) is 78.6 cm³/mol. The van der Waals surface area contributed by atoms with Crippen LogP contribution in [0.25, 0.3) is 0 Å². The van der Waals surface area contributed by atoms with Gasteiger partial charge in [0.05, 0.1) is 12.8 Å². The lowest BCUT2D eigenvalue weighted by atomic mass is 9.87. The maximum Gasteiger partial charge on any atom is 0.224 e. The lowest BCUT2D eigenvalue weighted by Crippen LogP contribution is -2.16. The number of hydrogen-bond acceptors (Lipinski definition) is 3. The van der Waals surface area contributed by atoms with E-state index in [2.05, 4.69) is 26.1 Å². The Balaban J connectivity index is 2.93. The van der Waals surface area contributed by atoms with E-state index in [0.717, 1.165) is 11.3 Å². The van der Waals surface area contributed by atoms with Crippen molar-refractivity contribution in [3.8, 4) is 5.75 Å². The number of rotatable bonds is 5. The van der Waals surface area contributed by atoms with Gasteiger partial charge in [-0.3, -0.25) is 4.79 Å². The second-order valence-corrected chi connectivity index (χ2v) is 5.61. The van der Waals surface area contributed by atoms with Gasteiger partial charge >= 0.3 is 0 Å². The van der Waals surface area contributed by atoms with Gasteiger partial charge in [-0.1, -0.05) is 26.8 Å². The van der Waals surface area contributed by atoms with E-state index in [-0.39, 0.29) is 11.3 Å². The molecule has 0 atom stereocenters. The van der Waals surface area contributed by atoms with Gasteiger partial charge in [0.25, 0.3) is 0 Å². The van der Waals surface area contributed by atoms with E-state index in [1.54, 1.807) is 7.11 Å². The number of nitrogens with two attached hydrogens (primary N) is 1. The van der Waals surface area contributed by atoms with Crippen LogP contribution in [0, 0.1) is 0 Å². The summed E-state index contributed by atoms with van der Waals surface area (Å²) in [4.78, 5) is 11.8. The summed E-state index contributed by atoms with van der Waals surface area (Å²) in [6.07, 6.45) is 1.12. The van der Waals surface area contributed by atoms with Crippen LogP contribution in [-0.4, -0.2) is 19.6 Å². The van der Waals surface area contributed by atoms with Crippen LogP contribution in [0.15, 0.2) is 18.2 Å². The summed E-state index contributed by atoms with van der Waals surface area (Å²) in [5, 5.41) is 2.89. The van der Waals surface area contributed by atoms with Crippen molar-refractivity contribution in [3.63, 3.8) is 0 Å². The molecule has 1 aromatic rings. The molecule has 106 valence electrons. The molecule has 0 heterocycles. The zero-order valence-electron chi connectivity index (χ0n) is 12.2. The first-order valence-corrected chi connectivity index (χ1v) is 6.57. The monoisotopic (exact) mass is 264 g/mol. The van der Waals surface area contributed by atoms with Crippen LogP contribution < -0.4 is 15.8 Å². The van der Waals surface area contributed by atoms with E-state index in [0.29, 0.717) is 25.1 Å². The van der Waals surface area contributed by atoms with Crippen molar-refractivity contribution in [3.05, 3.63) is 23.8 Å². The van der Waals surface area contributed by atoms with Crippen LogP contribution in [0.5, 0.6) is 5.75 Å². The van der Waals surface area contributed by atoms with E-state index < -0.39 is 0 Å². The SMILES string of the molecule is COc1ccc(C(C)(C)C)cc1NC(=O)CCCN. The van der Waals surface area contributed by atoms with Crippen molar-refractivity contribution in [2.75, 3.05) is 19.0 Å². The van der Waals surface area contributed by atoms with Crippen molar-refractivity contribution in [2.24, 2.45) is 5.73 Å². The minimum Gasteiger partial charge on any atom is -0.495 e. The number of carbonyl (C=O) groups excluding carboxylic acids is 1. The van der Waals surface area contributed by atoms with E-state index in [4.69, 9.17) is 10.5 Å². The molecule has 3 N–H and O–H groups in total. The number of carbonyl (C=O) groups is 1. The molecule has 0 bridgehead atoms. The largest absolute Gasteiger partial charge is 0.495 e. The van der Waals surface area contributed by atoms with Crippen LogP contribution in [0.2, 0.25) is 0 Å². The van der Waals surface area contributed by atoms with Gasteiger partial charge in [0.1, 0.15) is 5.75 Å². The molecule has 4 heteroatoms. The molecule has 0 aliphatic carbocycles. The second kappa shape index (κ2) is 6.57.